The van der Waals surface area contributed by atoms with Gasteiger partial charge in [0.25, 0.3) is 5.56 Å². The molecule has 104 valence electrons. The van der Waals surface area contributed by atoms with Crippen LogP contribution < -0.4 is 11.3 Å². The molecule has 1 aromatic carbocycles. The van der Waals surface area contributed by atoms with Crippen LogP contribution in [0.5, 0.6) is 0 Å². The molecule has 0 radical (unpaired) electrons. The summed E-state index contributed by atoms with van der Waals surface area (Å²) in [4.78, 5) is 23.1. The first-order valence-corrected chi connectivity index (χ1v) is 6.90. The van der Waals surface area contributed by atoms with E-state index in [0.29, 0.717) is 11.3 Å². The second-order valence-electron chi connectivity index (χ2n) is 4.37. The normalized spacial score (nSPS) is 10.6. The van der Waals surface area contributed by atoms with E-state index in [1.54, 1.807) is 12.1 Å². The molecule has 1 aromatic heterocycles. The van der Waals surface area contributed by atoms with Gasteiger partial charge in [-0.05, 0) is 46.4 Å². The van der Waals surface area contributed by atoms with Crippen molar-refractivity contribution in [2.45, 2.75) is 6.42 Å². The number of halogens is 2. The largest absolute Gasteiger partial charge is 0.366 e. The monoisotopic (exact) mass is 386 g/mol. The fourth-order valence-electron chi connectivity index (χ4n) is 1.96. The molecule has 4 nitrogen and oxygen atoms in total. The molecule has 0 aliphatic rings. The average Bonchev–Trinajstić information content (AvgIpc) is 2.37. The van der Waals surface area contributed by atoms with Crippen LogP contribution in [-0.2, 0) is 13.5 Å². The van der Waals surface area contributed by atoms with E-state index in [0.717, 1.165) is 3.57 Å². The van der Waals surface area contributed by atoms with Gasteiger partial charge < -0.3 is 10.3 Å². The zero-order valence-corrected chi connectivity index (χ0v) is 12.8. The lowest BCUT2D eigenvalue weighted by atomic mass is 10.0. The maximum Gasteiger partial charge on any atom is 0.250 e. The number of pyridine rings is 1. The first kappa shape index (κ1) is 14.7. The van der Waals surface area contributed by atoms with Gasteiger partial charge in [-0.15, -0.1) is 0 Å². The molecule has 1 heterocycles. The van der Waals surface area contributed by atoms with Crippen LogP contribution in [0, 0.1) is 9.39 Å². The Morgan fingerprint density at radius 3 is 2.65 bits per heavy atom. The summed E-state index contributed by atoms with van der Waals surface area (Å²) in [5, 5.41) is 0. The molecule has 2 aromatic rings. The van der Waals surface area contributed by atoms with Gasteiger partial charge in [-0.2, -0.15) is 0 Å². The Labute approximate surface area is 128 Å². The average molecular weight is 386 g/mol. The van der Waals surface area contributed by atoms with Gasteiger partial charge in [-0.25, -0.2) is 4.39 Å². The van der Waals surface area contributed by atoms with E-state index >= 15 is 0 Å². The van der Waals surface area contributed by atoms with Gasteiger partial charge in [-0.1, -0.05) is 6.07 Å². The van der Waals surface area contributed by atoms with Crippen LogP contribution in [0.25, 0.3) is 0 Å². The van der Waals surface area contributed by atoms with Gasteiger partial charge >= 0.3 is 0 Å². The Morgan fingerprint density at radius 1 is 1.35 bits per heavy atom. The van der Waals surface area contributed by atoms with E-state index in [4.69, 9.17) is 5.73 Å². The number of aromatic nitrogens is 1. The van der Waals surface area contributed by atoms with Crippen molar-refractivity contribution in [2.24, 2.45) is 12.8 Å². The quantitative estimate of drug-likeness (QED) is 0.819. The molecule has 0 aliphatic heterocycles. The number of benzene rings is 1. The van der Waals surface area contributed by atoms with Crippen LogP contribution in [0.15, 0.2) is 35.1 Å². The molecule has 2 N–H and O–H groups in total. The van der Waals surface area contributed by atoms with Crippen molar-refractivity contribution in [2.75, 3.05) is 0 Å². The molecule has 2 rings (SSSR count). The highest BCUT2D eigenvalue weighted by molar-refractivity contribution is 14.1. The zero-order valence-electron chi connectivity index (χ0n) is 10.7. The number of rotatable bonds is 3. The summed E-state index contributed by atoms with van der Waals surface area (Å²) in [6.07, 6.45) is 0.133. The van der Waals surface area contributed by atoms with Gasteiger partial charge in [0, 0.05) is 28.8 Å². The molecular weight excluding hydrogens is 374 g/mol. The SMILES string of the molecule is Cn1c(Cc2ccc(I)cc2F)c(C(N)=O)ccc1=O. The summed E-state index contributed by atoms with van der Waals surface area (Å²) in [6.45, 7) is 0. The van der Waals surface area contributed by atoms with Gasteiger partial charge in [0.15, 0.2) is 0 Å². The molecule has 0 spiro atoms. The topological polar surface area (TPSA) is 65.1 Å². The minimum Gasteiger partial charge on any atom is -0.366 e. The molecule has 0 aliphatic carbocycles. The maximum absolute atomic E-state index is 13.9. The van der Waals surface area contributed by atoms with E-state index in [1.165, 1.54) is 29.8 Å². The molecule has 0 saturated carbocycles. The van der Waals surface area contributed by atoms with Crippen molar-refractivity contribution in [3.05, 3.63) is 66.9 Å². The lowest BCUT2D eigenvalue weighted by molar-refractivity contribution is 0.0998. The molecule has 0 unspecified atom stereocenters. The summed E-state index contributed by atoms with van der Waals surface area (Å²) < 4.78 is 16.0. The predicted octanol–water partition coefficient (Wildman–Crippen LogP) is 1.82. The number of hydrogen-bond acceptors (Lipinski definition) is 2. The summed E-state index contributed by atoms with van der Waals surface area (Å²) in [5.41, 5.74) is 6.08. The second kappa shape index (κ2) is 5.74. The molecule has 20 heavy (non-hydrogen) atoms. The van der Waals surface area contributed by atoms with Gasteiger partial charge in [0.1, 0.15) is 5.82 Å². The highest BCUT2D eigenvalue weighted by atomic mass is 127. The van der Waals surface area contributed by atoms with E-state index in [1.807, 2.05) is 22.6 Å². The number of carbonyl (C=O) groups excluding carboxylic acids is 1. The molecule has 0 saturated heterocycles. The highest BCUT2D eigenvalue weighted by Gasteiger charge is 2.14. The summed E-state index contributed by atoms with van der Waals surface area (Å²) in [6, 6.07) is 7.46. The van der Waals surface area contributed by atoms with Crippen LogP contribution in [0.4, 0.5) is 4.39 Å². The summed E-state index contributed by atoms with van der Waals surface area (Å²) in [7, 11) is 1.54. The standard InChI is InChI=1S/C14H12FIN2O2/c1-18-12(10(14(17)20)4-5-13(18)19)6-8-2-3-9(16)7-11(8)15/h2-5,7H,6H2,1H3,(H2,17,20). The highest BCUT2D eigenvalue weighted by Crippen LogP contribution is 2.17. The number of primary amides is 1. The van der Waals surface area contributed by atoms with E-state index < -0.39 is 5.91 Å². The van der Waals surface area contributed by atoms with E-state index in [-0.39, 0.29) is 23.4 Å². The third-order valence-corrected chi connectivity index (χ3v) is 3.75. The van der Waals surface area contributed by atoms with E-state index in [9.17, 15) is 14.0 Å². The molecule has 6 heteroatoms. The maximum atomic E-state index is 13.9. The van der Waals surface area contributed by atoms with Crippen molar-refractivity contribution >= 4 is 28.5 Å². The summed E-state index contributed by atoms with van der Waals surface area (Å²) in [5.74, 6) is -1.01. The van der Waals surface area contributed by atoms with Crippen LogP contribution in [-0.4, -0.2) is 10.5 Å². The van der Waals surface area contributed by atoms with Crippen LogP contribution in [0.1, 0.15) is 21.6 Å². The van der Waals surface area contributed by atoms with Gasteiger partial charge in [0.2, 0.25) is 5.91 Å². The smallest absolute Gasteiger partial charge is 0.250 e. The van der Waals surface area contributed by atoms with Crippen molar-refractivity contribution in [1.29, 1.82) is 0 Å². The third kappa shape index (κ3) is 2.90. The molecule has 0 bridgehead atoms. The fourth-order valence-corrected chi connectivity index (χ4v) is 2.41. The number of nitrogens with zero attached hydrogens (tertiary/aromatic N) is 1. The van der Waals surface area contributed by atoms with Gasteiger partial charge in [-0.3, -0.25) is 9.59 Å². The third-order valence-electron chi connectivity index (χ3n) is 3.08. The number of amides is 1. The van der Waals surface area contributed by atoms with Gasteiger partial charge in [0.05, 0.1) is 5.56 Å². The second-order valence-corrected chi connectivity index (χ2v) is 5.61. The van der Waals surface area contributed by atoms with Crippen molar-refractivity contribution in [1.82, 2.24) is 4.57 Å². The Kier molecular flexibility index (Phi) is 4.22. The Balaban J connectivity index is 2.55. The lowest BCUT2D eigenvalue weighted by Gasteiger charge is -2.12. The van der Waals surface area contributed by atoms with Crippen LogP contribution >= 0.6 is 22.6 Å². The van der Waals surface area contributed by atoms with E-state index in [2.05, 4.69) is 0 Å². The predicted molar refractivity (Wildman–Crippen MR) is 82.1 cm³/mol. The first-order valence-electron chi connectivity index (χ1n) is 5.83. The van der Waals surface area contributed by atoms with Crippen molar-refractivity contribution in [3.63, 3.8) is 0 Å². The summed E-state index contributed by atoms with van der Waals surface area (Å²) >= 11 is 2.01. The zero-order chi connectivity index (χ0) is 14.9. The van der Waals surface area contributed by atoms with Crippen molar-refractivity contribution in [3.8, 4) is 0 Å². The minimum absolute atomic E-state index is 0.133. The molecule has 1 amide bonds. The molecule has 0 atom stereocenters. The fraction of sp³-hybridized carbons (Fsp3) is 0.143. The Hall–Kier alpha value is -1.70. The lowest BCUT2D eigenvalue weighted by Crippen LogP contribution is -2.25. The number of carbonyl (C=O) groups is 1. The first-order chi connectivity index (χ1) is 9.40. The van der Waals surface area contributed by atoms with Crippen LogP contribution in [0.2, 0.25) is 0 Å². The minimum atomic E-state index is -0.637. The number of hydrogen-bond donors (Lipinski definition) is 1. The Bertz CT molecular complexity index is 740. The Morgan fingerprint density at radius 2 is 2.05 bits per heavy atom. The van der Waals surface area contributed by atoms with Crippen LogP contribution in [0.3, 0.4) is 0 Å². The molecular formula is C14H12FIN2O2. The molecule has 0 fully saturated rings. The van der Waals surface area contributed by atoms with Crippen molar-refractivity contribution < 1.29 is 9.18 Å². The number of nitrogens with two attached hydrogens (primary N) is 1.